The van der Waals surface area contributed by atoms with Gasteiger partial charge >= 0.3 is 0 Å². The van der Waals surface area contributed by atoms with Gasteiger partial charge in [-0.1, -0.05) is 37.1 Å². The predicted octanol–water partition coefficient (Wildman–Crippen LogP) is 9.91. The van der Waals surface area contributed by atoms with Gasteiger partial charge in [-0.25, -0.2) is 0 Å². The third-order valence-electron chi connectivity index (χ3n) is 12.1. The molecule has 4 aliphatic rings. The van der Waals surface area contributed by atoms with Gasteiger partial charge in [-0.05, 0) is 137 Å². The summed E-state index contributed by atoms with van der Waals surface area (Å²) >= 11 is 1.68. The predicted molar refractivity (Wildman–Crippen MR) is 238 cm³/mol. The SMILES string of the molecule is C=CCO[C@@]12Oc3ccc(Oc4ccc(SC)cc4)cc3[C@H]3[C@H](CCCCO)[C@@H](CCCCO)C=C(C(=NOC(C)(C)C)C[C@@H]1N(CCC)C(=O)c1ccc4c(c1)OCO4)[C@H]32. The lowest BCUT2D eigenvalue weighted by molar-refractivity contribution is -0.254. The highest BCUT2D eigenvalue weighted by Crippen LogP contribution is 2.62. The van der Waals surface area contributed by atoms with Crippen LogP contribution in [0.3, 0.4) is 0 Å². The Morgan fingerprint density at radius 1 is 0.967 bits per heavy atom. The summed E-state index contributed by atoms with van der Waals surface area (Å²) in [5, 5.41) is 24.9. The molecule has 0 bridgehead atoms. The highest BCUT2D eigenvalue weighted by Gasteiger charge is 2.65. The number of hydrogen-bond donors (Lipinski definition) is 2. The number of nitrogens with zero attached hydrogens (tertiary/aromatic N) is 2. The zero-order valence-corrected chi connectivity index (χ0v) is 37.1. The van der Waals surface area contributed by atoms with Crippen LogP contribution in [0.1, 0.15) is 101 Å². The van der Waals surface area contributed by atoms with Crippen LogP contribution < -0.4 is 18.9 Å². The second-order valence-electron chi connectivity index (χ2n) is 17.3. The van der Waals surface area contributed by atoms with Crippen LogP contribution in [0.5, 0.6) is 28.7 Å². The number of hydrogen-bond acceptors (Lipinski definition) is 11. The van der Waals surface area contributed by atoms with Crippen molar-refractivity contribution in [2.45, 2.75) is 107 Å². The molecule has 0 saturated heterocycles. The Labute approximate surface area is 365 Å². The molecule has 2 heterocycles. The number of allylic oxidation sites excluding steroid dienone is 1. The summed E-state index contributed by atoms with van der Waals surface area (Å²) in [6, 6.07) is 18.8. The third kappa shape index (κ3) is 9.62. The fourth-order valence-electron chi connectivity index (χ4n) is 9.52. The number of carbonyl (C=O) groups excluding carboxylic acids is 1. The average molecular weight is 855 g/mol. The van der Waals surface area contributed by atoms with Crippen LogP contribution in [0.4, 0.5) is 0 Å². The smallest absolute Gasteiger partial charge is 0.254 e. The second-order valence-corrected chi connectivity index (χ2v) is 18.2. The van der Waals surface area contributed by atoms with E-state index in [9.17, 15) is 10.2 Å². The number of benzene rings is 3. The molecule has 61 heavy (non-hydrogen) atoms. The second kappa shape index (κ2) is 19.7. The minimum absolute atomic E-state index is 0.0807. The first-order valence-electron chi connectivity index (χ1n) is 21.8. The van der Waals surface area contributed by atoms with Crippen molar-refractivity contribution in [3.8, 4) is 28.7 Å². The van der Waals surface area contributed by atoms with E-state index in [0.717, 1.165) is 53.2 Å². The van der Waals surface area contributed by atoms with Crippen LogP contribution in [0, 0.1) is 17.8 Å². The lowest BCUT2D eigenvalue weighted by atomic mass is 9.55. The van der Waals surface area contributed by atoms with Crippen molar-refractivity contribution in [2.24, 2.45) is 22.9 Å². The lowest BCUT2D eigenvalue weighted by Gasteiger charge is -2.60. The number of carbonyl (C=O) groups is 1. The number of oxime groups is 1. The number of unbranched alkanes of at least 4 members (excludes halogenated alkanes) is 2. The number of aliphatic hydroxyl groups excluding tert-OH is 2. The zero-order valence-electron chi connectivity index (χ0n) is 36.3. The number of amides is 1. The molecule has 1 amide bonds. The summed E-state index contributed by atoms with van der Waals surface area (Å²) in [6.45, 7) is 13.0. The molecule has 3 aromatic rings. The molecule has 1 saturated carbocycles. The summed E-state index contributed by atoms with van der Waals surface area (Å²) < 4.78 is 32.4. The molecular formula is C49H62N2O9S. The fraction of sp³-hybridized carbons (Fsp3) is 0.510. The monoisotopic (exact) mass is 854 g/mol. The van der Waals surface area contributed by atoms with Crippen molar-refractivity contribution in [3.05, 3.63) is 96.1 Å². The van der Waals surface area contributed by atoms with E-state index < -0.39 is 23.3 Å². The van der Waals surface area contributed by atoms with Gasteiger partial charge in [-0.2, -0.15) is 0 Å². The Morgan fingerprint density at radius 3 is 2.39 bits per heavy atom. The van der Waals surface area contributed by atoms with Crippen molar-refractivity contribution < 1.29 is 43.5 Å². The van der Waals surface area contributed by atoms with Gasteiger partial charge in [-0.3, -0.25) is 4.79 Å². The molecule has 2 aliphatic carbocycles. The fourth-order valence-corrected chi connectivity index (χ4v) is 9.93. The molecule has 12 heteroatoms. The quantitative estimate of drug-likeness (QED) is 0.0521. The lowest BCUT2D eigenvalue weighted by Crippen LogP contribution is -2.70. The van der Waals surface area contributed by atoms with Gasteiger partial charge in [-0.15, -0.1) is 18.3 Å². The first kappa shape index (κ1) is 44.6. The first-order valence-corrected chi connectivity index (χ1v) is 23.1. The molecule has 0 radical (unpaired) electrons. The summed E-state index contributed by atoms with van der Waals surface area (Å²) in [6.07, 6.45) is 11.9. The molecule has 3 aromatic carbocycles. The van der Waals surface area contributed by atoms with Crippen LogP contribution in [-0.2, 0) is 9.57 Å². The molecule has 328 valence electrons. The molecule has 2 aliphatic heterocycles. The summed E-state index contributed by atoms with van der Waals surface area (Å²) in [4.78, 5) is 24.4. The number of ether oxygens (including phenoxy) is 5. The Bertz CT molecular complexity index is 2060. The number of aliphatic hydroxyl groups is 2. The van der Waals surface area contributed by atoms with E-state index in [2.05, 4.69) is 44.0 Å². The van der Waals surface area contributed by atoms with Gasteiger partial charge in [0, 0.05) is 48.1 Å². The topological polar surface area (TPSA) is 129 Å². The van der Waals surface area contributed by atoms with Crippen molar-refractivity contribution in [1.29, 1.82) is 0 Å². The summed E-state index contributed by atoms with van der Waals surface area (Å²) in [5.74, 6) is 1.22. The maximum absolute atomic E-state index is 15.1. The van der Waals surface area contributed by atoms with Gasteiger partial charge in [0.05, 0.1) is 18.2 Å². The first-order chi connectivity index (χ1) is 29.5. The van der Waals surface area contributed by atoms with E-state index in [-0.39, 0.29) is 50.3 Å². The standard InChI is InChI=1S/C49H62N2O9S/c1-7-23-51(47(54)33-15-21-42-43(28-33)56-31-55-42)44-30-40(50-60-48(3,4)5)38-27-32(13-9-11-24-52)37(14-10-12-25-53)45-39-29-35(58-34-16-19-36(61-6)20-17-34)18-22-41(39)59-49(44,46(38)45)57-26-8-2/h8,15-22,27-29,32,37,44-46,52-53H,2,7,9-14,23-26,30-31H2,1,3-6H3/t32-,37+,44-,45+,46+,49+/m0/s1. The molecule has 0 spiro atoms. The maximum Gasteiger partial charge on any atom is 0.254 e. The molecule has 11 nitrogen and oxygen atoms in total. The Balaban J connectivity index is 1.45. The highest BCUT2D eigenvalue weighted by atomic mass is 32.2. The van der Waals surface area contributed by atoms with Gasteiger partial charge < -0.3 is 43.6 Å². The maximum atomic E-state index is 15.1. The Hall–Kier alpha value is -4.49. The Morgan fingerprint density at radius 2 is 1.69 bits per heavy atom. The Kier molecular flexibility index (Phi) is 14.4. The van der Waals surface area contributed by atoms with E-state index in [4.69, 9.17) is 33.7 Å². The molecule has 0 aromatic heterocycles. The van der Waals surface area contributed by atoms with E-state index >= 15 is 4.79 Å². The molecule has 2 N–H and O–H groups in total. The highest BCUT2D eigenvalue weighted by molar-refractivity contribution is 7.98. The van der Waals surface area contributed by atoms with Gasteiger partial charge in [0.15, 0.2) is 11.5 Å². The molecule has 7 rings (SSSR count). The molecule has 6 atom stereocenters. The molecular weight excluding hydrogens is 793 g/mol. The van der Waals surface area contributed by atoms with Crippen molar-refractivity contribution in [3.63, 3.8) is 0 Å². The minimum atomic E-state index is -1.37. The number of fused-ring (bicyclic) bond motifs is 3. The van der Waals surface area contributed by atoms with Gasteiger partial charge in [0.25, 0.3) is 5.91 Å². The van der Waals surface area contributed by atoms with Crippen molar-refractivity contribution >= 4 is 23.4 Å². The third-order valence-corrected chi connectivity index (χ3v) is 12.8. The van der Waals surface area contributed by atoms with Gasteiger partial charge in [0.1, 0.15) is 28.9 Å². The van der Waals surface area contributed by atoms with E-state index in [1.807, 2.05) is 49.9 Å². The van der Waals surface area contributed by atoms with E-state index in [1.54, 1.807) is 36.0 Å². The number of rotatable bonds is 19. The number of thioether (sulfide) groups is 1. The molecule has 1 fully saturated rings. The van der Waals surface area contributed by atoms with Crippen LogP contribution in [-0.4, -0.2) is 83.6 Å². The zero-order chi connectivity index (χ0) is 43.1. The minimum Gasteiger partial charge on any atom is -0.459 e. The van der Waals surface area contributed by atoms with Gasteiger partial charge in [0.2, 0.25) is 12.6 Å². The van der Waals surface area contributed by atoms with Crippen LogP contribution >= 0.6 is 11.8 Å². The van der Waals surface area contributed by atoms with Crippen LogP contribution in [0.15, 0.2) is 95.0 Å². The van der Waals surface area contributed by atoms with Crippen molar-refractivity contribution in [1.82, 2.24) is 4.90 Å². The van der Waals surface area contributed by atoms with Crippen LogP contribution in [0.25, 0.3) is 0 Å². The van der Waals surface area contributed by atoms with E-state index in [0.29, 0.717) is 60.8 Å². The van der Waals surface area contributed by atoms with E-state index in [1.165, 1.54) is 0 Å². The largest absolute Gasteiger partial charge is 0.459 e. The molecule has 0 unspecified atom stereocenters. The summed E-state index contributed by atoms with van der Waals surface area (Å²) in [7, 11) is 0. The summed E-state index contributed by atoms with van der Waals surface area (Å²) in [5.41, 5.74) is 2.62. The average Bonchev–Trinajstić information content (AvgIpc) is 3.74. The van der Waals surface area contributed by atoms with Crippen LogP contribution in [0.2, 0.25) is 0 Å². The normalized spacial score (nSPS) is 24.3. The van der Waals surface area contributed by atoms with Crippen molar-refractivity contribution in [2.75, 3.05) is 39.4 Å².